The summed E-state index contributed by atoms with van der Waals surface area (Å²) in [5.41, 5.74) is 10.7. The molecule has 20 heavy (non-hydrogen) atoms. The van der Waals surface area contributed by atoms with E-state index in [1.54, 1.807) is 0 Å². The summed E-state index contributed by atoms with van der Waals surface area (Å²) in [6.07, 6.45) is 0. The Morgan fingerprint density at radius 1 is 1.00 bits per heavy atom. The van der Waals surface area contributed by atoms with Gasteiger partial charge in [0.2, 0.25) is 0 Å². The van der Waals surface area contributed by atoms with E-state index < -0.39 is 0 Å². The monoisotopic (exact) mass is 283 g/mol. The summed E-state index contributed by atoms with van der Waals surface area (Å²) in [7, 11) is 0. The molecule has 3 rings (SSSR count). The summed E-state index contributed by atoms with van der Waals surface area (Å²) in [5.74, 6) is 0. The van der Waals surface area contributed by atoms with Crippen molar-refractivity contribution in [2.45, 2.75) is 6.54 Å². The number of benzene rings is 2. The number of nitrogens with one attached hydrogen (secondary N) is 1. The van der Waals surface area contributed by atoms with Crippen molar-refractivity contribution in [2.75, 3.05) is 0 Å². The summed E-state index contributed by atoms with van der Waals surface area (Å²) in [4.78, 5) is 0. The molecule has 0 amide bonds. The Morgan fingerprint density at radius 3 is 2.50 bits per heavy atom. The molecule has 3 N–H and O–H groups in total. The van der Waals surface area contributed by atoms with Crippen molar-refractivity contribution in [2.24, 2.45) is 5.73 Å². The SMILES string of the molecule is NCc1ccc(-c2cc(-c3cccc(Cl)c3)n[nH]2)cc1. The van der Waals surface area contributed by atoms with Gasteiger partial charge in [0.25, 0.3) is 0 Å². The van der Waals surface area contributed by atoms with Crippen LogP contribution >= 0.6 is 11.6 Å². The Bertz CT molecular complexity index is 717. The van der Waals surface area contributed by atoms with E-state index in [9.17, 15) is 0 Å². The van der Waals surface area contributed by atoms with Crippen molar-refractivity contribution in [3.63, 3.8) is 0 Å². The summed E-state index contributed by atoms with van der Waals surface area (Å²) in [6, 6.07) is 17.8. The normalized spacial score (nSPS) is 10.7. The van der Waals surface area contributed by atoms with Gasteiger partial charge in [-0.25, -0.2) is 0 Å². The zero-order chi connectivity index (χ0) is 13.9. The highest BCUT2D eigenvalue weighted by Gasteiger charge is 2.06. The lowest BCUT2D eigenvalue weighted by Gasteiger charge is -1.99. The van der Waals surface area contributed by atoms with Crippen LogP contribution in [0.5, 0.6) is 0 Å². The zero-order valence-electron chi connectivity index (χ0n) is 10.8. The van der Waals surface area contributed by atoms with Gasteiger partial charge in [0.15, 0.2) is 0 Å². The second-order valence-corrected chi connectivity index (χ2v) is 5.01. The molecule has 0 aliphatic heterocycles. The molecule has 4 heteroatoms. The number of nitrogens with zero attached hydrogens (tertiary/aromatic N) is 1. The van der Waals surface area contributed by atoms with Crippen LogP contribution in [0.3, 0.4) is 0 Å². The number of hydrogen-bond acceptors (Lipinski definition) is 2. The highest BCUT2D eigenvalue weighted by atomic mass is 35.5. The lowest BCUT2D eigenvalue weighted by Crippen LogP contribution is -1.95. The van der Waals surface area contributed by atoms with E-state index in [2.05, 4.69) is 10.2 Å². The van der Waals surface area contributed by atoms with Gasteiger partial charge in [-0.2, -0.15) is 5.10 Å². The van der Waals surface area contributed by atoms with E-state index in [-0.39, 0.29) is 0 Å². The number of nitrogens with two attached hydrogens (primary N) is 1. The first-order chi connectivity index (χ1) is 9.76. The fraction of sp³-hybridized carbons (Fsp3) is 0.0625. The van der Waals surface area contributed by atoms with Gasteiger partial charge in [-0.1, -0.05) is 48.0 Å². The quantitative estimate of drug-likeness (QED) is 0.767. The van der Waals surface area contributed by atoms with E-state index in [0.29, 0.717) is 11.6 Å². The van der Waals surface area contributed by atoms with Gasteiger partial charge in [0.05, 0.1) is 11.4 Å². The fourth-order valence-electron chi connectivity index (χ4n) is 2.09. The van der Waals surface area contributed by atoms with E-state index in [1.165, 1.54) is 0 Å². The zero-order valence-corrected chi connectivity index (χ0v) is 11.6. The maximum absolute atomic E-state index is 6.00. The Hall–Kier alpha value is -2.10. The van der Waals surface area contributed by atoms with Crippen LogP contribution in [0, 0.1) is 0 Å². The van der Waals surface area contributed by atoms with Crippen LogP contribution in [0.25, 0.3) is 22.5 Å². The van der Waals surface area contributed by atoms with Crippen molar-refractivity contribution in [1.29, 1.82) is 0 Å². The molecule has 1 heterocycles. The minimum Gasteiger partial charge on any atom is -0.326 e. The predicted molar refractivity (Wildman–Crippen MR) is 82.4 cm³/mol. The number of hydrogen-bond donors (Lipinski definition) is 2. The molecule has 100 valence electrons. The highest BCUT2D eigenvalue weighted by Crippen LogP contribution is 2.25. The van der Waals surface area contributed by atoms with E-state index in [4.69, 9.17) is 17.3 Å². The second-order valence-electron chi connectivity index (χ2n) is 4.58. The molecular weight excluding hydrogens is 270 g/mol. The van der Waals surface area contributed by atoms with Crippen molar-refractivity contribution in [1.82, 2.24) is 10.2 Å². The molecule has 0 bridgehead atoms. The largest absolute Gasteiger partial charge is 0.326 e. The molecule has 3 aromatic rings. The van der Waals surface area contributed by atoms with Crippen LogP contribution in [0.15, 0.2) is 54.6 Å². The van der Waals surface area contributed by atoms with Crippen molar-refractivity contribution in [3.05, 3.63) is 65.2 Å². The summed E-state index contributed by atoms with van der Waals surface area (Å²) >= 11 is 6.00. The van der Waals surface area contributed by atoms with Crippen LogP contribution in [-0.4, -0.2) is 10.2 Å². The molecule has 3 nitrogen and oxygen atoms in total. The van der Waals surface area contributed by atoms with E-state index in [1.807, 2.05) is 54.6 Å². The van der Waals surface area contributed by atoms with Gasteiger partial charge in [-0.05, 0) is 29.3 Å². The van der Waals surface area contributed by atoms with Crippen molar-refractivity contribution in [3.8, 4) is 22.5 Å². The number of aromatic nitrogens is 2. The van der Waals surface area contributed by atoms with E-state index >= 15 is 0 Å². The molecule has 1 aromatic heterocycles. The van der Waals surface area contributed by atoms with Crippen molar-refractivity contribution >= 4 is 11.6 Å². The standard InChI is InChI=1S/C16H14ClN3/c17-14-3-1-2-13(8-14)16-9-15(19-20-16)12-6-4-11(10-18)5-7-12/h1-9H,10,18H2,(H,19,20). The Labute approximate surface area is 122 Å². The Morgan fingerprint density at radius 2 is 1.80 bits per heavy atom. The number of aromatic amines is 1. The third-order valence-corrected chi connectivity index (χ3v) is 3.43. The molecule has 0 aliphatic carbocycles. The lowest BCUT2D eigenvalue weighted by atomic mass is 10.1. The molecule has 0 aliphatic rings. The van der Waals surface area contributed by atoms with Crippen molar-refractivity contribution < 1.29 is 0 Å². The number of halogens is 1. The van der Waals surface area contributed by atoms with Gasteiger partial charge in [-0.15, -0.1) is 0 Å². The van der Waals surface area contributed by atoms with Crippen LogP contribution in [0.2, 0.25) is 5.02 Å². The second kappa shape index (κ2) is 5.49. The number of rotatable bonds is 3. The smallest absolute Gasteiger partial charge is 0.0927 e. The maximum atomic E-state index is 6.00. The molecular formula is C16H14ClN3. The topological polar surface area (TPSA) is 54.7 Å². The first kappa shape index (κ1) is 12.9. The molecule has 0 unspecified atom stereocenters. The number of H-pyrrole nitrogens is 1. The average molecular weight is 284 g/mol. The van der Waals surface area contributed by atoms with Crippen LogP contribution < -0.4 is 5.73 Å². The summed E-state index contributed by atoms with van der Waals surface area (Å²) in [5, 5.41) is 8.10. The molecule has 0 saturated carbocycles. The van der Waals surface area contributed by atoms with Gasteiger partial charge in [0.1, 0.15) is 0 Å². The van der Waals surface area contributed by atoms with Crippen LogP contribution in [0.4, 0.5) is 0 Å². The van der Waals surface area contributed by atoms with E-state index in [0.717, 1.165) is 28.1 Å². The Balaban J connectivity index is 1.93. The van der Waals surface area contributed by atoms with Gasteiger partial charge in [-0.3, -0.25) is 5.10 Å². The average Bonchev–Trinajstić information content (AvgIpc) is 2.97. The molecule has 2 aromatic carbocycles. The lowest BCUT2D eigenvalue weighted by molar-refractivity contribution is 1.07. The molecule has 0 fully saturated rings. The minimum atomic E-state index is 0.553. The molecule has 0 radical (unpaired) electrons. The predicted octanol–water partition coefficient (Wildman–Crippen LogP) is 3.86. The molecule has 0 spiro atoms. The molecule has 0 saturated heterocycles. The van der Waals surface area contributed by atoms with Crippen LogP contribution in [-0.2, 0) is 6.54 Å². The van der Waals surface area contributed by atoms with Gasteiger partial charge < -0.3 is 5.73 Å². The Kier molecular flexibility index (Phi) is 3.54. The van der Waals surface area contributed by atoms with Gasteiger partial charge >= 0.3 is 0 Å². The first-order valence-corrected chi connectivity index (χ1v) is 6.75. The molecule has 0 atom stereocenters. The van der Waals surface area contributed by atoms with Gasteiger partial charge in [0, 0.05) is 17.1 Å². The van der Waals surface area contributed by atoms with Crippen LogP contribution in [0.1, 0.15) is 5.56 Å². The minimum absolute atomic E-state index is 0.553. The summed E-state index contributed by atoms with van der Waals surface area (Å²) < 4.78 is 0. The third-order valence-electron chi connectivity index (χ3n) is 3.20. The summed E-state index contributed by atoms with van der Waals surface area (Å²) in [6.45, 7) is 0.553. The third kappa shape index (κ3) is 2.59. The first-order valence-electron chi connectivity index (χ1n) is 6.37. The highest BCUT2D eigenvalue weighted by molar-refractivity contribution is 6.30. The maximum Gasteiger partial charge on any atom is 0.0927 e. The fourth-order valence-corrected chi connectivity index (χ4v) is 2.28.